The Bertz CT molecular complexity index is 1370. The smallest absolute Gasteiger partial charge is 0.335 e. The van der Waals surface area contributed by atoms with E-state index in [1.165, 1.54) is 6.07 Å². The average molecular weight is 424 g/mol. The number of hydrogen-bond donors (Lipinski definition) is 5. The lowest BCUT2D eigenvalue weighted by Gasteiger charge is -2.26. The number of guanidine groups is 1. The van der Waals surface area contributed by atoms with Crippen LogP contribution in [0.15, 0.2) is 53.5 Å². The van der Waals surface area contributed by atoms with E-state index in [1.54, 1.807) is 30.5 Å². The van der Waals surface area contributed by atoms with E-state index in [9.17, 15) is 15.2 Å². The van der Waals surface area contributed by atoms with Crippen LogP contribution in [-0.4, -0.2) is 22.0 Å². The summed E-state index contributed by atoms with van der Waals surface area (Å²) in [7, 11) is 0. The second kappa shape index (κ2) is 7.97. The van der Waals surface area contributed by atoms with E-state index in [2.05, 4.69) is 20.6 Å². The van der Waals surface area contributed by atoms with Gasteiger partial charge in [0.05, 0.1) is 11.3 Å². The predicted octanol–water partition coefficient (Wildman–Crippen LogP) is 2.42. The molecule has 2 aromatic carbocycles. The summed E-state index contributed by atoms with van der Waals surface area (Å²) in [6.07, 6.45) is 1.80. The molecule has 4 rings (SSSR count). The highest BCUT2D eigenvalue weighted by molar-refractivity contribution is 5.98. The first-order valence-electron chi connectivity index (χ1n) is 9.35. The summed E-state index contributed by atoms with van der Waals surface area (Å²) in [5, 5.41) is 33.1. The zero-order valence-corrected chi connectivity index (χ0v) is 16.5. The number of aromatic carboxylic acids is 1. The van der Waals surface area contributed by atoms with Gasteiger partial charge in [0.15, 0.2) is 6.19 Å². The van der Waals surface area contributed by atoms with Crippen LogP contribution in [0.5, 0.6) is 0 Å². The van der Waals surface area contributed by atoms with Crippen LogP contribution in [0.2, 0.25) is 0 Å². The maximum Gasteiger partial charge on any atom is 0.335 e. The lowest BCUT2D eigenvalue weighted by Crippen LogP contribution is -2.32. The third-order valence-corrected chi connectivity index (χ3v) is 5.00. The Labute approximate surface area is 182 Å². The molecule has 0 bridgehead atoms. The van der Waals surface area contributed by atoms with Gasteiger partial charge in [-0.3, -0.25) is 5.32 Å². The molecule has 156 valence electrons. The molecule has 0 aliphatic carbocycles. The molecule has 10 heteroatoms. The summed E-state index contributed by atoms with van der Waals surface area (Å²) in [6.45, 7) is 0. The van der Waals surface area contributed by atoms with Gasteiger partial charge in [-0.05, 0) is 34.9 Å². The van der Waals surface area contributed by atoms with E-state index >= 15 is 0 Å². The number of aliphatic imine (C=N–C) groups is 1. The van der Waals surface area contributed by atoms with Gasteiger partial charge in [-0.25, -0.2) is 14.8 Å². The van der Waals surface area contributed by atoms with Crippen molar-refractivity contribution in [3.8, 4) is 23.4 Å². The molecule has 1 unspecified atom stereocenters. The van der Waals surface area contributed by atoms with E-state index < -0.39 is 12.0 Å². The zero-order valence-electron chi connectivity index (χ0n) is 16.5. The van der Waals surface area contributed by atoms with Crippen molar-refractivity contribution in [1.29, 1.82) is 10.5 Å². The maximum absolute atomic E-state index is 11.3. The number of benzene rings is 2. The quantitative estimate of drug-likeness (QED) is 0.311. The highest BCUT2D eigenvalue weighted by Crippen LogP contribution is 2.41. The van der Waals surface area contributed by atoms with Gasteiger partial charge in [0.1, 0.15) is 29.3 Å². The third kappa shape index (κ3) is 3.49. The van der Waals surface area contributed by atoms with Crippen LogP contribution >= 0.6 is 0 Å². The number of carbonyl (C=O) groups is 1. The molecule has 32 heavy (non-hydrogen) atoms. The van der Waals surface area contributed by atoms with Gasteiger partial charge in [0.2, 0.25) is 5.96 Å². The van der Waals surface area contributed by atoms with E-state index in [0.29, 0.717) is 16.7 Å². The Hall–Kier alpha value is -5.09. The van der Waals surface area contributed by atoms with E-state index in [1.807, 2.05) is 24.3 Å². The topological polar surface area (TPSA) is 186 Å². The summed E-state index contributed by atoms with van der Waals surface area (Å²) in [6, 6.07) is 15.2. The number of nitrogens with zero attached hydrogens (tertiary/aromatic N) is 4. The Balaban J connectivity index is 1.88. The molecular weight excluding hydrogens is 408 g/mol. The molecule has 1 aliphatic rings. The van der Waals surface area contributed by atoms with E-state index in [0.717, 1.165) is 5.56 Å². The number of aromatic nitrogens is 1. The molecular formula is C22H16N8O2. The van der Waals surface area contributed by atoms with Crippen molar-refractivity contribution in [2.45, 2.75) is 6.04 Å². The molecule has 1 atom stereocenters. The van der Waals surface area contributed by atoms with Crippen molar-refractivity contribution in [1.82, 2.24) is 10.3 Å². The van der Waals surface area contributed by atoms with Crippen LogP contribution < -0.4 is 22.1 Å². The van der Waals surface area contributed by atoms with Crippen LogP contribution in [0, 0.1) is 22.8 Å². The second-order valence-corrected chi connectivity index (χ2v) is 6.91. The number of nitriles is 2. The van der Waals surface area contributed by atoms with Crippen molar-refractivity contribution in [3.63, 3.8) is 0 Å². The van der Waals surface area contributed by atoms with Crippen LogP contribution in [0.3, 0.4) is 0 Å². The van der Waals surface area contributed by atoms with Crippen molar-refractivity contribution >= 4 is 29.3 Å². The first-order valence-corrected chi connectivity index (χ1v) is 9.35. The zero-order chi connectivity index (χ0) is 22.8. The van der Waals surface area contributed by atoms with E-state index in [-0.39, 0.29) is 34.4 Å². The largest absolute Gasteiger partial charge is 0.478 e. The van der Waals surface area contributed by atoms with Gasteiger partial charge < -0.3 is 21.9 Å². The summed E-state index contributed by atoms with van der Waals surface area (Å²) < 4.78 is 0. The van der Waals surface area contributed by atoms with Crippen LogP contribution in [0.25, 0.3) is 11.1 Å². The number of hydrogen-bond acceptors (Lipinski definition) is 9. The lowest BCUT2D eigenvalue weighted by molar-refractivity contribution is 0.0697. The normalized spacial score (nSPS) is 14.2. The fraction of sp³-hybridized carbons (Fsp3) is 0.0455. The van der Waals surface area contributed by atoms with Crippen molar-refractivity contribution in [2.24, 2.45) is 4.99 Å². The molecule has 7 N–H and O–H groups in total. The van der Waals surface area contributed by atoms with Gasteiger partial charge in [0.25, 0.3) is 0 Å². The second-order valence-electron chi connectivity index (χ2n) is 6.91. The Morgan fingerprint density at radius 3 is 2.53 bits per heavy atom. The van der Waals surface area contributed by atoms with Crippen LogP contribution in [-0.2, 0) is 0 Å². The molecule has 1 aliphatic heterocycles. The lowest BCUT2D eigenvalue weighted by atomic mass is 9.92. The highest BCUT2D eigenvalue weighted by atomic mass is 16.4. The summed E-state index contributed by atoms with van der Waals surface area (Å²) in [5.74, 6) is -0.616. The third-order valence-electron chi connectivity index (χ3n) is 5.00. The first-order chi connectivity index (χ1) is 15.4. The Morgan fingerprint density at radius 2 is 1.84 bits per heavy atom. The number of nitrogens with two attached hydrogens (primary N) is 2. The fourth-order valence-corrected chi connectivity index (χ4v) is 3.54. The standard InChI is InChI=1S/C22H16N8O2/c23-9-15-17(25)16-18(28-22(27-10-24)30-20(16)29-19(15)26)13-5-1-3-11(7-13)12-4-2-6-14(8-12)21(31)32/h1-8,18H,(H,31,32)(H6,25,26,27,28,29,30). The molecule has 0 fully saturated rings. The van der Waals surface area contributed by atoms with Crippen LogP contribution in [0.4, 0.5) is 17.3 Å². The average Bonchev–Trinajstić information content (AvgIpc) is 2.79. The monoisotopic (exact) mass is 424 g/mol. The highest BCUT2D eigenvalue weighted by Gasteiger charge is 2.29. The van der Waals surface area contributed by atoms with Gasteiger partial charge in [-0.15, -0.1) is 0 Å². The number of pyridine rings is 1. The minimum Gasteiger partial charge on any atom is -0.478 e. The Morgan fingerprint density at radius 1 is 1.12 bits per heavy atom. The van der Waals surface area contributed by atoms with E-state index in [4.69, 9.17) is 16.7 Å². The fourth-order valence-electron chi connectivity index (χ4n) is 3.54. The molecule has 0 saturated carbocycles. The summed E-state index contributed by atoms with van der Waals surface area (Å²) in [4.78, 5) is 20.1. The molecule has 3 aromatic rings. The molecule has 0 spiro atoms. The van der Waals surface area contributed by atoms with Gasteiger partial charge in [-0.2, -0.15) is 10.5 Å². The number of rotatable bonds is 3. The maximum atomic E-state index is 11.3. The summed E-state index contributed by atoms with van der Waals surface area (Å²) in [5.41, 5.74) is 15.1. The van der Waals surface area contributed by atoms with Crippen LogP contribution in [0.1, 0.15) is 33.1 Å². The van der Waals surface area contributed by atoms with Crippen molar-refractivity contribution in [2.75, 3.05) is 16.8 Å². The number of anilines is 3. The minimum atomic E-state index is -1.02. The molecule has 0 saturated heterocycles. The SMILES string of the molecule is N#CNC1=NC(c2cccc(-c3cccc(C(=O)O)c3)c2)c2c(nc(N)c(C#N)c2N)N1. The number of nitrogens with one attached hydrogen (secondary N) is 2. The van der Waals surface area contributed by atoms with Gasteiger partial charge in [-0.1, -0.05) is 30.3 Å². The molecule has 2 heterocycles. The molecule has 0 radical (unpaired) electrons. The van der Waals surface area contributed by atoms with Crippen molar-refractivity contribution in [3.05, 3.63) is 70.8 Å². The Kier molecular flexibility index (Phi) is 5.03. The summed E-state index contributed by atoms with van der Waals surface area (Å²) >= 11 is 0. The van der Waals surface area contributed by atoms with Gasteiger partial charge in [0, 0.05) is 5.56 Å². The van der Waals surface area contributed by atoms with Crippen molar-refractivity contribution < 1.29 is 9.90 Å². The number of carboxylic acids is 1. The molecule has 1 aromatic heterocycles. The van der Waals surface area contributed by atoms with Gasteiger partial charge >= 0.3 is 5.97 Å². The first kappa shape index (κ1) is 20.2. The number of fused-ring (bicyclic) bond motifs is 1. The molecule has 0 amide bonds. The number of carboxylic acid groups (broad SMARTS) is 1. The minimum absolute atomic E-state index is 0.0348. The number of nitrogen functional groups attached to an aromatic ring is 2. The molecule has 10 nitrogen and oxygen atoms in total. The predicted molar refractivity (Wildman–Crippen MR) is 118 cm³/mol.